The number of likely N-dealkylation sites (N-methyl/N-ethyl adjacent to an activating group) is 1. The van der Waals surface area contributed by atoms with Crippen molar-refractivity contribution in [1.82, 2.24) is 24.7 Å². The number of thiol groups is 1. The van der Waals surface area contributed by atoms with Gasteiger partial charge in [-0.2, -0.15) is 30.8 Å². The Balaban J connectivity index is 1.24. The van der Waals surface area contributed by atoms with Crippen LogP contribution in [0.1, 0.15) is 46.8 Å². The van der Waals surface area contributed by atoms with E-state index in [1.54, 1.807) is 29.3 Å². The van der Waals surface area contributed by atoms with Crippen molar-refractivity contribution in [2.24, 2.45) is 0 Å². The van der Waals surface area contributed by atoms with Crippen LogP contribution in [0.4, 0.5) is 24.8 Å². The second-order valence-electron chi connectivity index (χ2n) is 11.8. The van der Waals surface area contributed by atoms with Crippen LogP contribution in [-0.4, -0.2) is 94.1 Å². The fraction of sp³-hybridized carbons (Fsp3) is 0.455. The van der Waals surface area contributed by atoms with E-state index in [4.69, 9.17) is 4.74 Å². The Kier molecular flexibility index (Phi) is 11.3. The molecular formula is C33H40F3N7O3S. The first-order chi connectivity index (χ1) is 22.5. The molecule has 0 aliphatic carbocycles. The van der Waals surface area contributed by atoms with Crippen LogP contribution in [0.2, 0.25) is 0 Å². The molecule has 1 atom stereocenters. The molecule has 0 saturated carbocycles. The summed E-state index contributed by atoms with van der Waals surface area (Å²) in [5, 5.41) is 5.86. The molecule has 3 heterocycles. The lowest BCUT2D eigenvalue weighted by Gasteiger charge is -2.34. The predicted octanol–water partition coefficient (Wildman–Crippen LogP) is 5.32. The van der Waals surface area contributed by atoms with Crippen LogP contribution in [0.15, 0.2) is 48.7 Å². The van der Waals surface area contributed by atoms with Gasteiger partial charge in [-0.05, 0) is 61.0 Å². The molecule has 2 amide bonds. The first-order valence-electron chi connectivity index (χ1n) is 15.7. The van der Waals surface area contributed by atoms with Crippen LogP contribution < -0.4 is 15.4 Å². The fourth-order valence-electron chi connectivity index (χ4n) is 5.74. The molecule has 0 bridgehead atoms. The van der Waals surface area contributed by atoms with Crippen LogP contribution in [0.25, 0.3) is 0 Å². The number of halogens is 3. The lowest BCUT2D eigenvalue weighted by Crippen LogP contribution is -2.45. The number of aryl methyl sites for hydroxylation is 1. The molecule has 0 radical (unpaired) electrons. The number of nitrogens with one attached hydrogen (secondary N) is 2. The topological polar surface area (TPSA) is 103 Å². The van der Waals surface area contributed by atoms with E-state index >= 15 is 0 Å². The van der Waals surface area contributed by atoms with Crippen molar-refractivity contribution >= 4 is 36.1 Å². The van der Waals surface area contributed by atoms with E-state index in [1.807, 2.05) is 11.8 Å². The highest BCUT2D eigenvalue weighted by Crippen LogP contribution is 2.35. The van der Waals surface area contributed by atoms with Crippen molar-refractivity contribution in [3.05, 3.63) is 70.9 Å². The van der Waals surface area contributed by atoms with Gasteiger partial charge in [0.1, 0.15) is 5.75 Å². The smallest absolute Gasteiger partial charge is 0.416 e. The Morgan fingerprint density at radius 2 is 1.81 bits per heavy atom. The Labute approximate surface area is 278 Å². The number of ether oxygens (including phenoxy) is 1. The summed E-state index contributed by atoms with van der Waals surface area (Å²) < 4.78 is 48.3. The monoisotopic (exact) mass is 671 g/mol. The molecule has 252 valence electrons. The highest BCUT2D eigenvalue weighted by atomic mass is 32.1. The van der Waals surface area contributed by atoms with Gasteiger partial charge in [-0.25, -0.2) is 4.98 Å². The quantitative estimate of drug-likeness (QED) is 0.236. The Morgan fingerprint density at radius 1 is 1.04 bits per heavy atom. The number of benzene rings is 2. The average molecular weight is 672 g/mol. The number of anilines is 2. The van der Waals surface area contributed by atoms with Gasteiger partial charge in [0.05, 0.1) is 5.56 Å². The van der Waals surface area contributed by atoms with Gasteiger partial charge in [0.15, 0.2) is 0 Å². The average Bonchev–Trinajstić information content (AvgIpc) is 3.51. The summed E-state index contributed by atoms with van der Waals surface area (Å²) >= 11 is 4.13. The number of likely N-dealkylation sites (tertiary alicyclic amines) is 1. The van der Waals surface area contributed by atoms with E-state index in [9.17, 15) is 22.8 Å². The first-order valence-corrected chi connectivity index (χ1v) is 16.4. The summed E-state index contributed by atoms with van der Waals surface area (Å²) in [7, 11) is 0. The summed E-state index contributed by atoms with van der Waals surface area (Å²) in [6.45, 7) is 9.23. The summed E-state index contributed by atoms with van der Waals surface area (Å²) in [6.07, 6.45) is -1.88. The molecule has 2 aliphatic heterocycles. The van der Waals surface area contributed by atoms with Crippen molar-refractivity contribution in [3.63, 3.8) is 0 Å². The van der Waals surface area contributed by atoms with Crippen molar-refractivity contribution in [3.8, 4) is 11.6 Å². The SMILES string of the molecule is CCN1CCN(Cc2ccc(NC(=O)c3ccc(C)c(Oc4ccnc(N[C@@H]5CCN(C(=O)CCS)C5)n4)c3)cc2C(F)(F)F)CC1. The Hall–Kier alpha value is -3.88. The summed E-state index contributed by atoms with van der Waals surface area (Å²) in [6, 6.07) is 10.3. The van der Waals surface area contributed by atoms with Crippen LogP contribution in [0.5, 0.6) is 11.6 Å². The van der Waals surface area contributed by atoms with Crippen molar-refractivity contribution in [1.29, 1.82) is 0 Å². The number of rotatable bonds is 11. The maximum atomic E-state index is 14.1. The Morgan fingerprint density at radius 3 is 2.53 bits per heavy atom. The minimum atomic E-state index is -4.57. The molecule has 10 nitrogen and oxygen atoms in total. The minimum absolute atomic E-state index is 0.00803. The molecule has 0 unspecified atom stereocenters. The number of hydrogen-bond acceptors (Lipinski definition) is 9. The number of aromatic nitrogens is 2. The highest BCUT2D eigenvalue weighted by Gasteiger charge is 2.34. The van der Waals surface area contributed by atoms with Gasteiger partial charge in [0, 0.05) is 81.8 Å². The molecule has 0 spiro atoms. The maximum Gasteiger partial charge on any atom is 0.416 e. The maximum absolute atomic E-state index is 14.1. The van der Waals surface area contributed by atoms with Crippen LogP contribution in [0.3, 0.4) is 0 Å². The predicted molar refractivity (Wildman–Crippen MR) is 177 cm³/mol. The number of piperazine rings is 1. The van der Waals surface area contributed by atoms with E-state index in [0.29, 0.717) is 50.1 Å². The first kappa shape index (κ1) is 34.5. The largest absolute Gasteiger partial charge is 0.439 e. The van der Waals surface area contributed by atoms with Crippen molar-refractivity contribution in [2.75, 3.05) is 62.2 Å². The second-order valence-corrected chi connectivity index (χ2v) is 12.2. The van der Waals surface area contributed by atoms with Gasteiger partial charge >= 0.3 is 6.18 Å². The number of hydrogen-bond donors (Lipinski definition) is 3. The molecule has 2 fully saturated rings. The van der Waals surface area contributed by atoms with E-state index in [2.05, 4.69) is 45.1 Å². The van der Waals surface area contributed by atoms with E-state index < -0.39 is 17.6 Å². The summed E-state index contributed by atoms with van der Waals surface area (Å²) in [5.74, 6) is 0.939. The zero-order valence-corrected chi connectivity index (χ0v) is 27.4. The van der Waals surface area contributed by atoms with E-state index in [1.165, 1.54) is 18.2 Å². The third-order valence-corrected chi connectivity index (χ3v) is 8.70. The normalized spacial score (nSPS) is 17.5. The summed E-state index contributed by atoms with van der Waals surface area (Å²) in [5.41, 5.74) is 0.407. The lowest BCUT2D eigenvalue weighted by atomic mass is 10.0. The van der Waals surface area contributed by atoms with Gasteiger partial charge in [-0.1, -0.05) is 19.1 Å². The molecule has 14 heteroatoms. The molecule has 2 aromatic carbocycles. The standard InChI is InChI=1S/C33H40F3N7O3S/c1-3-41-13-15-42(16-14-41)20-24-6-7-25(19-27(24)33(34,35)36)38-31(45)23-5-4-22(2)28(18-23)46-29-8-11-37-32(40-29)39-26-9-12-43(21-26)30(44)10-17-47/h4-8,11,18-19,26,47H,3,9-10,12-17,20-21H2,1-2H3,(H,38,45)(H,37,39,40)/t26-/m1/s1. The molecule has 2 aliphatic rings. The lowest BCUT2D eigenvalue weighted by molar-refractivity contribution is -0.138. The van der Waals surface area contributed by atoms with E-state index in [0.717, 1.165) is 37.7 Å². The number of carbonyl (C=O) groups excluding carboxylic acids is 2. The number of nitrogens with zero attached hydrogens (tertiary/aromatic N) is 5. The van der Waals surface area contributed by atoms with Crippen molar-refractivity contribution < 1.29 is 27.5 Å². The fourth-order valence-corrected chi connectivity index (χ4v) is 5.93. The number of alkyl halides is 3. The highest BCUT2D eigenvalue weighted by molar-refractivity contribution is 7.80. The van der Waals surface area contributed by atoms with Crippen molar-refractivity contribution in [2.45, 2.75) is 45.5 Å². The molecule has 1 aromatic heterocycles. The van der Waals surface area contributed by atoms with Gasteiger partial charge in [0.2, 0.25) is 17.7 Å². The third kappa shape index (κ3) is 9.14. The zero-order valence-electron chi connectivity index (χ0n) is 26.5. The molecule has 47 heavy (non-hydrogen) atoms. The van der Waals surface area contributed by atoms with Gasteiger partial charge < -0.3 is 25.2 Å². The second kappa shape index (κ2) is 15.3. The third-order valence-electron chi connectivity index (χ3n) is 8.47. The van der Waals surface area contributed by atoms with Crippen LogP contribution in [-0.2, 0) is 17.5 Å². The molecule has 3 aromatic rings. The molecular weight excluding hydrogens is 631 g/mol. The molecule has 2 N–H and O–H groups in total. The molecule has 2 saturated heterocycles. The Bertz CT molecular complexity index is 1570. The number of amides is 2. The minimum Gasteiger partial charge on any atom is -0.439 e. The van der Waals surface area contributed by atoms with Crippen LogP contribution >= 0.6 is 12.6 Å². The molecule has 5 rings (SSSR count). The van der Waals surface area contributed by atoms with Gasteiger partial charge in [-0.3, -0.25) is 14.5 Å². The summed E-state index contributed by atoms with van der Waals surface area (Å²) in [4.78, 5) is 40.2. The van der Waals surface area contributed by atoms with Gasteiger partial charge in [-0.15, -0.1) is 0 Å². The van der Waals surface area contributed by atoms with Crippen LogP contribution in [0, 0.1) is 6.92 Å². The van der Waals surface area contributed by atoms with E-state index in [-0.39, 0.29) is 41.2 Å². The zero-order chi connectivity index (χ0) is 33.6. The van der Waals surface area contributed by atoms with Gasteiger partial charge in [0.25, 0.3) is 5.91 Å². The number of carbonyl (C=O) groups is 2.